The van der Waals surface area contributed by atoms with Crippen LogP contribution < -0.4 is 19.7 Å². The Bertz CT molecular complexity index is 2010. The van der Waals surface area contributed by atoms with E-state index in [0.29, 0.717) is 64.6 Å². The monoisotopic (exact) mass is 647 g/mol. The maximum Gasteiger partial charge on any atom is 0.319 e. The Labute approximate surface area is 278 Å². The molecule has 1 aromatic heterocycles. The second-order valence-electron chi connectivity index (χ2n) is 14.9. The Morgan fingerprint density at radius 1 is 1.04 bits per heavy atom. The highest BCUT2D eigenvalue weighted by Crippen LogP contribution is 2.49. The first-order chi connectivity index (χ1) is 23.4. The molecule has 5 aliphatic heterocycles. The van der Waals surface area contributed by atoms with Crippen LogP contribution in [0.1, 0.15) is 31.2 Å². The summed E-state index contributed by atoms with van der Waals surface area (Å²) in [7, 11) is 0. The third-order valence-electron chi connectivity index (χ3n) is 11.8. The molecule has 246 valence electrons. The van der Waals surface area contributed by atoms with E-state index in [1.54, 1.807) is 18.2 Å². The number of aromatic nitrogens is 2. The van der Waals surface area contributed by atoms with Crippen molar-refractivity contribution in [3.05, 3.63) is 47.8 Å². The molecular weight excluding hydrogens is 609 g/mol. The molecule has 48 heavy (non-hydrogen) atoms. The zero-order valence-corrected chi connectivity index (χ0v) is 26.8. The normalized spacial score (nSPS) is 28.2. The molecular formula is C38H38FN5O4. The highest BCUT2D eigenvalue weighted by molar-refractivity contribution is 6.05. The summed E-state index contributed by atoms with van der Waals surface area (Å²) in [6.07, 6.45) is 10.2. The molecule has 1 aliphatic carbocycles. The highest BCUT2D eigenvalue weighted by atomic mass is 19.1. The van der Waals surface area contributed by atoms with Gasteiger partial charge >= 0.3 is 6.01 Å². The SMILES string of the molecule is C#Cc1cccc2cc(O)cc(-c3cc4c5c(nc(OCC6(CN7CC8COCC8C7)CC6)nc5c3F)N3C[C@H]5CC[C@H](N5)[C@H]3CO4)c12. The molecule has 0 radical (unpaired) electrons. The number of nitrogens with zero attached hydrogens (tertiary/aromatic N) is 4. The number of likely N-dealkylation sites (tertiary alicyclic amines) is 1. The van der Waals surface area contributed by atoms with E-state index in [1.807, 2.05) is 18.2 Å². The Morgan fingerprint density at radius 3 is 2.71 bits per heavy atom. The molecule has 9 nitrogen and oxygen atoms in total. The first kappa shape index (κ1) is 28.8. The molecule has 5 fully saturated rings. The number of terminal acetylenes is 1. The molecule has 3 aromatic carbocycles. The highest BCUT2D eigenvalue weighted by Gasteiger charge is 2.48. The van der Waals surface area contributed by atoms with Crippen LogP contribution in [0.15, 0.2) is 36.4 Å². The minimum absolute atomic E-state index is 0.0217. The molecule has 4 aromatic rings. The number of aromatic hydroxyl groups is 1. The zero-order valence-electron chi connectivity index (χ0n) is 26.8. The fourth-order valence-corrected chi connectivity index (χ4v) is 9.18. The summed E-state index contributed by atoms with van der Waals surface area (Å²) in [5.74, 6) is 4.70. The molecule has 0 spiro atoms. The van der Waals surface area contributed by atoms with E-state index in [2.05, 4.69) is 21.0 Å². The number of benzene rings is 3. The first-order valence-corrected chi connectivity index (χ1v) is 17.3. The topological polar surface area (TPSA) is 92.2 Å². The number of hydrogen-bond acceptors (Lipinski definition) is 9. The predicted molar refractivity (Wildman–Crippen MR) is 180 cm³/mol. The van der Waals surface area contributed by atoms with Crippen LogP contribution in [0.3, 0.4) is 0 Å². The van der Waals surface area contributed by atoms with Crippen molar-refractivity contribution in [3.8, 4) is 41.0 Å². The van der Waals surface area contributed by atoms with Crippen molar-refractivity contribution in [1.82, 2.24) is 20.2 Å². The lowest BCUT2D eigenvalue weighted by Gasteiger charge is -2.40. The van der Waals surface area contributed by atoms with Crippen molar-refractivity contribution in [2.45, 2.75) is 43.8 Å². The Hall–Kier alpha value is -4.17. The minimum Gasteiger partial charge on any atom is -0.508 e. The van der Waals surface area contributed by atoms with Gasteiger partial charge in [0, 0.05) is 72.0 Å². The fraction of sp³-hybridized carbons (Fsp3) is 0.474. The lowest BCUT2D eigenvalue weighted by atomic mass is 9.93. The number of phenols is 1. The zero-order chi connectivity index (χ0) is 32.1. The molecule has 0 amide bonds. The van der Waals surface area contributed by atoms with Crippen molar-refractivity contribution in [2.24, 2.45) is 17.3 Å². The number of halogens is 1. The number of anilines is 1. The van der Waals surface area contributed by atoms with Gasteiger partial charge in [-0.3, -0.25) is 0 Å². The summed E-state index contributed by atoms with van der Waals surface area (Å²) in [5, 5.41) is 16.5. The van der Waals surface area contributed by atoms with Gasteiger partial charge in [-0.2, -0.15) is 9.97 Å². The van der Waals surface area contributed by atoms with Gasteiger partial charge in [0.15, 0.2) is 5.82 Å². The number of piperazine rings is 1. The van der Waals surface area contributed by atoms with E-state index in [-0.39, 0.29) is 40.3 Å². The van der Waals surface area contributed by atoms with Gasteiger partial charge in [0.1, 0.15) is 29.4 Å². The molecule has 2 unspecified atom stereocenters. The quantitative estimate of drug-likeness (QED) is 0.289. The van der Waals surface area contributed by atoms with E-state index < -0.39 is 5.82 Å². The van der Waals surface area contributed by atoms with E-state index >= 15 is 4.39 Å². The van der Waals surface area contributed by atoms with E-state index in [0.717, 1.165) is 70.5 Å². The Morgan fingerprint density at radius 2 is 1.90 bits per heavy atom. The lowest BCUT2D eigenvalue weighted by molar-refractivity contribution is 0.131. The third kappa shape index (κ3) is 4.55. The van der Waals surface area contributed by atoms with Crippen molar-refractivity contribution >= 4 is 27.5 Å². The third-order valence-corrected chi connectivity index (χ3v) is 11.8. The Kier molecular flexibility index (Phi) is 6.40. The molecule has 5 atom stereocenters. The van der Waals surface area contributed by atoms with Crippen LogP contribution in [-0.4, -0.2) is 90.7 Å². The van der Waals surface area contributed by atoms with Crippen LogP contribution in [-0.2, 0) is 4.74 Å². The Balaban J connectivity index is 1.08. The van der Waals surface area contributed by atoms with Crippen molar-refractivity contribution < 1.29 is 23.7 Å². The summed E-state index contributed by atoms with van der Waals surface area (Å²) in [6.45, 7) is 6.57. The number of rotatable bonds is 6. The fourth-order valence-electron chi connectivity index (χ4n) is 9.18. The van der Waals surface area contributed by atoms with Gasteiger partial charge in [-0.15, -0.1) is 6.42 Å². The van der Waals surface area contributed by atoms with Gasteiger partial charge in [0.25, 0.3) is 0 Å². The second-order valence-corrected chi connectivity index (χ2v) is 14.9. The summed E-state index contributed by atoms with van der Waals surface area (Å²) < 4.78 is 35.9. The van der Waals surface area contributed by atoms with Crippen molar-refractivity contribution in [1.29, 1.82) is 0 Å². The summed E-state index contributed by atoms with van der Waals surface area (Å²) in [5.41, 5.74) is 1.58. The second kappa shape index (κ2) is 10.7. The van der Waals surface area contributed by atoms with Gasteiger partial charge in [0.2, 0.25) is 0 Å². The van der Waals surface area contributed by atoms with E-state index in [9.17, 15) is 5.11 Å². The smallest absolute Gasteiger partial charge is 0.319 e. The molecule has 1 saturated carbocycles. The molecule has 10 rings (SSSR count). The lowest BCUT2D eigenvalue weighted by Crippen LogP contribution is -2.60. The van der Waals surface area contributed by atoms with Gasteiger partial charge in [-0.1, -0.05) is 18.1 Å². The molecule has 4 saturated heterocycles. The van der Waals surface area contributed by atoms with Crippen molar-refractivity contribution in [2.75, 3.05) is 57.5 Å². The van der Waals surface area contributed by atoms with E-state index in [1.165, 1.54) is 0 Å². The molecule has 2 N–H and O–H groups in total. The van der Waals surface area contributed by atoms with Crippen molar-refractivity contribution in [3.63, 3.8) is 0 Å². The maximum atomic E-state index is 17.2. The maximum absolute atomic E-state index is 17.2. The number of hydrogen-bond donors (Lipinski definition) is 2. The summed E-state index contributed by atoms with van der Waals surface area (Å²) in [4.78, 5) is 14.7. The molecule has 2 bridgehead atoms. The average Bonchev–Trinajstić information content (AvgIpc) is 3.35. The number of ether oxygens (including phenoxy) is 3. The average molecular weight is 648 g/mol. The summed E-state index contributed by atoms with van der Waals surface area (Å²) >= 11 is 0. The molecule has 6 heterocycles. The van der Waals surface area contributed by atoms with Gasteiger partial charge in [-0.25, -0.2) is 4.39 Å². The standard InChI is InChI=1S/C38H38FN5O4/c1-2-21-4-3-5-22-10-26(45)11-27(32(21)22)28-12-31-33-35(34(28)39)41-37(42-36(33)44-15-25-6-7-29(40-25)30(44)18-47-31)48-20-38(8-9-38)19-43-13-23-16-46-17-24(23)14-43/h1,3-5,10-12,23-25,29-30,40,45H,6-9,13-20H2/t23?,24?,25-,29+,30-/m1/s1. The minimum atomic E-state index is -0.520. The van der Waals surface area contributed by atoms with Gasteiger partial charge in [0.05, 0.1) is 31.2 Å². The van der Waals surface area contributed by atoms with E-state index in [4.69, 9.17) is 30.6 Å². The molecule has 10 heteroatoms. The molecule has 6 aliphatic rings. The first-order valence-electron chi connectivity index (χ1n) is 17.3. The number of nitrogens with one attached hydrogen (secondary N) is 1. The van der Waals surface area contributed by atoms with Crippen LogP contribution in [0.4, 0.5) is 10.2 Å². The summed E-state index contributed by atoms with van der Waals surface area (Å²) in [6, 6.07) is 11.3. The van der Waals surface area contributed by atoms with Gasteiger partial charge in [-0.05, 0) is 60.9 Å². The van der Waals surface area contributed by atoms with Crippen LogP contribution in [0.25, 0.3) is 32.8 Å². The van der Waals surface area contributed by atoms with Gasteiger partial charge < -0.3 is 34.4 Å². The van der Waals surface area contributed by atoms with Crippen LogP contribution >= 0.6 is 0 Å². The van der Waals surface area contributed by atoms with Crippen LogP contribution in [0, 0.1) is 35.4 Å². The van der Waals surface area contributed by atoms with Crippen LogP contribution in [0.2, 0.25) is 0 Å². The largest absolute Gasteiger partial charge is 0.508 e. The van der Waals surface area contributed by atoms with Crippen LogP contribution in [0.5, 0.6) is 17.5 Å². The number of phenolic OH excluding ortho intramolecular Hbond substituents is 1. The predicted octanol–water partition coefficient (Wildman–Crippen LogP) is 4.71. The number of fused-ring (bicyclic) bond motifs is 7.